The molecule has 6 nitrogen and oxygen atoms in total. The van der Waals surface area contributed by atoms with Crippen LogP contribution in [0.2, 0.25) is 0 Å². The van der Waals surface area contributed by atoms with Crippen LogP contribution >= 0.6 is 0 Å². The molecule has 0 bridgehead atoms. The SMILES string of the molecule is O=C(O)CNC(=O)NCOc1ccccc1. The van der Waals surface area contributed by atoms with Crippen LogP contribution in [0.1, 0.15) is 0 Å². The average Bonchev–Trinajstić information content (AvgIpc) is 2.28. The summed E-state index contributed by atoms with van der Waals surface area (Å²) in [6, 6.07) is 8.37. The molecule has 0 atom stereocenters. The normalized spacial score (nSPS) is 9.25. The number of nitrogens with one attached hydrogen (secondary N) is 2. The van der Waals surface area contributed by atoms with Gasteiger partial charge in [0.1, 0.15) is 12.3 Å². The van der Waals surface area contributed by atoms with E-state index in [2.05, 4.69) is 10.6 Å². The molecule has 0 aliphatic carbocycles. The summed E-state index contributed by atoms with van der Waals surface area (Å²) < 4.78 is 5.16. The van der Waals surface area contributed by atoms with Gasteiger partial charge in [0, 0.05) is 0 Å². The molecule has 86 valence electrons. The topological polar surface area (TPSA) is 87.7 Å². The minimum absolute atomic E-state index is 0.0184. The van der Waals surface area contributed by atoms with Gasteiger partial charge in [-0.3, -0.25) is 4.79 Å². The smallest absolute Gasteiger partial charge is 0.323 e. The van der Waals surface area contributed by atoms with E-state index >= 15 is 0 Å². The lowest BCUT2D eigenvalue weighted by Crippen LogP contribution is -2.40. The number of aliphatic carboxylic acids is 1. The number of urea groups is 1. The maximum absolute atomic E-state index is 11.0. The first-order valence-corrected chi connectivity index (χ1v) is 4.60. The standard InChI is InChI=1S/C10H12N2O4/c13-9(14)6-11-10(15)12-7-16-8-4-2-1-3-5-8/h1-5H,6-7H2,(H,13,14)(H2,11,12,15). The van der Waals surface area contributed by atoms with Crippen molar-refractivity contribution in [2.24, 2.45) is 0 Å². The van der Waals surface area contributed by atoms with Crippen molar-refractivity contribution in [3.8, 4) is 5.75 Å². The van der Waals surface area contributed by atoms with Gasteiger partial charge in [0.2, 0.25) is 0 Å². The van der Waals surface area contributed by atoms with Crippen LogP contribution < -0.4 is 15.4 Å². The number of benzene rings is 1. The average molecular weight is 224 g/mol. The quantitative estimate of drug-likeness (QED) is 0.632. The Morgan fingerprint density at radius 1 is 1.19 bits per heavy atom. The molecular formula is C10H12N2O4. The summed E-state index contributed by atoms with van der Waals surface area (Å²) in [5.74, 6) is -0.472. The molecule has 0 fully saturated rings. The molecule has 1 rings (SSSR count). The van der Waals surface area contributed by atoms with Gasteiger partial charge in [-0.1, -0.05) is 18.2 Å². The van der Waals surface area contributed by atoms with E-state index < -0.39 is 18.5 Å². The van der Waals surface area contributed by atoms with Crippen molar-refractivity contribution < 1.29 is 19.4 Å². The minimum Gasteiger partial charge on any atom is -0.480 e. The van der Waals surface area contributed by atoms with Gasteiger partial charge in [0.05, 0.1) is 0 Å². The van der Waals surface area contributed by atoms with Crippen LogP contribution in [0.4, 0.5) is 4.79 Å². The van der Waals surface area contributed by atoms with Gasteiger partial charge < -0.3 is 20.5 Å². The van der Waals surface area contributed by atoms with Gasteiger partial charge in [-0.2, -0.15) is 0 Å². The van der Waals surface area contributed by atoms with Gasteiger partial charge >= 0.3 is 12.0 Å². The lowest BCUT2D eigenvalue weighted by atomic mass is 10.3. The Labute approximate surface area is 92.2 Å². The molecule has 3 N–H and O–H groups in total. The Kier molecular flexibility index (Phi) is 4.65. The van der Waals surface area contributed by atoms with Crippen LogP contribution in [0.15, 0.2) is 30.3 Å². The Morgan fingerprint density at radius 2 is 1.88 bits per heavy atom. The fourth-order valence-corrected chi connectivity index (χ4v) is 0.920. The summed E-state index contributed by atoms with van der Waals surface area (Å²) in [7, 11) is 0. The predicted octanol–water partition coefficient (Wildman–Crippen LogP) is 0.407. The van der Waals surface area contributed by atoms with Crippen molar-refractivity contribution in [1.29, 1.82) is 0 Å². The van der Waals surface area contributed by atoms with E-state index in [0.717, 1.165) is 0 Å². The van der Waals surface area contributed by atoms with Crippen molar-refractivity contribution in [2.45, 2.75) is 0 Å². The second kappa shape index (κ2) is 6.28. The fraction of sp³-hybridized carbons (Fsp3) is 0.200. The summed E-state index contributed by atoms with van der Waals surface area (Å²) in [4.78, 5) is 21.1. The fourth-order valence-electron chi connectivity index (χ4n) is 0.920. The Balaban J connectivity index is 2.16. The number of hydrogen-bond donors (Lipinski definition) is 3. The van der Waals surface area contributed by atoms with Crippen molar-refractivity contribution in [1.82, 2.24) is 10.6 Å². The highest BCUT2D eigenvalue weighted by molar-refractivity contribution is 5.79. The second-order valence-corrected chi connectivity index (χ2v) is 2.85. The minimum atomic E-state index is -1.10. The van der Waals surface area contributed by atoms with Crippen LogP contribution in [0, 0.1) is 0 Å². The second-order valence-electron chi connectivity index (χ2n) is 2.85. The van der Waals surface area contributed by atoms with Gasteiger partial charge in [0.15, 0.2) is 6.73 Å². The van der Waals surface area contributed by atoms with E-state index in [1.807, 2.05) is 6.07 Å². The highest BCUT2D eigenvalue weighted by Crippen LogP contribution is 2.06. The van der Waals surface area contributed by atoms with E-state index in [-0.39, 0.29) is 6.73 Å². The molecule has 1 aromatic rings. The molecule has 2 amide bonds. The first-order chi connectivity index (χ1) is 7.68. The van der Waals surface area contributed by atoms with Gasteiger partial charge in [-0.25, -0.2) is 4.79 Å². The monoisotopic (exact) mass is 224 g/mol. The lowest BCUT2D eigenvalue weighted by Gasteiger charge is -2.07. The maximum Gasteiger partial charge on any atom is 0.323 e. The number of carbonyl (C=O) groups is 2. The number of hydrogen-bond acceptors (Lipinski definition) is 3. The number of carboxylic acid groups (broad SMARTS) is 1. The number of ether oxygens (including phenoxy) is 1. The Hall–Kier alpha value is -2.24. The summed E-state index contributed by atoms with van der Waals surface area (Å²) in [5, 5.41) is 12.8. The van der Waals surface area contributed by atoms with Crippen molar-refractivity contribution in [3.63, 3.8) is 0 Å². The van der Waals surface area contributed by atoms with Gasteiger partial charge in [-0.15, -0.1) is 0 Å². The van der Waals surface area contributed by atoms with Crippen LogP contribution in [-0.4, -0.2) is 30.4 Å². The third-order valence-electron chi connectivity index (χ3n) is 1.61. The number of rotatable bonds is 5. The van der Waals surface area contributed by atoms with Crippen LogP contribution in [0.5, 0.6) is 5.75 Å². The van der Waals surface area contributed by atoms with Crippen molar-refractivity contribution in [3.05, 3.63) is 30.3 Å². The Bertz CT molecular complexity index is 353. The highest BCUT2D eigenvalue weighted by atomic mass is 16.5. The molecule has 0 heterocycles. The van der Waals surface area contributed by atoms with Crippen LogP contribution in [0.3, 0.4) is 0 Å². The van der Waals surface area contributed by atoms with Crippen LogP contribution in [0.25, 0.3) is 0 Å². The number of carboxylic acids is 1. The molecule has 0 aromatic heterocycles. The third-order valence-corrected chi connectivity index (χ3v) is 1.61. The Morgan fingerprint density at radius 3 is 2.50 bits per heavy atom. The van der Waals surface area contributed by atoms with E-state index in [1.165, 1.54) is 0 Å². The number of carbonyl (C=O) groups excluding carboxylic acids is 1. The number of para-hydroxylation sites is 1. The van der Waals surface area contributed by atoms with E-state index in [0.29, 0.717) is 5.75 Å². The summed E-state index contributed by atoms with van der Waals surface area (Å²) in [6.45, 7) is -0.438. The molecule has 0 unspecified atom stereocenters. The molecule has 6 heteroatoms. The molecule has 0 aliphatic heterocycles. The molecule has 0 saturated carbocycles. The summed E-state index contributed by atoms with van der Waals surface area (Å²) in [5.41, 5.74) is 0. The van der Waals surface area contributed by atoms with Gasteiger partial charge in [-0.05, 0) is 12.1 Å². The van der Waals surface area contributed by atoms with E-state index in [9.17, 15) is 9.59 Å². The molecule has 0 saturated heterocycles. The predicted molar refractivity (Wildman–Crippen MR) is 56.1 cm³/mol. The molecular weight excluding hydrogens is 212 g/mol. The molecule has 0 spiro atoms. The lowest BCUT2D eigenvalue weighted by molar-refractivity contribution is -0.135. The molecule has 0 radical (unpaired) electrons. The van der Waals surface area contributed by atoms with Gasteiger partial charge in [0.25, 0.3) is 0 Å². The zero-order chi connectivity index (χ0) is 11.8. The summed E-state index contributed by atoms with van der Waals surface area (Å²) in [6.07, 6.45) is 0. The van der Waals surface area contributed by atoms with E-state index in [1.54, 1.807) is 24.3 Å². The van der Waals surface area contributed by atoms with Crippen molar-refractivity contribution >= 4 is 12.0 Å². The van der Waals surface area contributed by atoms with Crippen LogP contribution in [-0.2, 0) is 4.79 Å². The highest BCUT2D eigenvalue weighted by Gasteiger charge is 2.01. The third kappa shape index (κ3) is 4.85. The zero-order valence-corrected chi connectivity index (χ0v) is 8.47. The summed E-state index contributed by atoms with van der Waals surface area (Å²) >= 11 is 0. The largest absolute Gasteiger partial charge is 0.480 e. The number of amides is 2. The van der Waals surface area contributed by atoms with E-state index in [4.69, 9.17) is 9.84 Å². The van der Waals surface area contributed by atoms with Crippen molar-refractivity contribution in [2.75, 3.05) is 13.3 Å². The first kappa shape index (κ1) is 11.8. The molecule has 16 heavy (non-hydrogen) atoms. The maximum atomic E-state index is 11.0. The zero-order valence-electron chi connectivity index (χ0n) is 8.47. The molecule has 1 aromatic carbocycles. The first-order valence-electron chi connectivity index (χ1n) is 4.60. The molecule has 0 aliphatic rings.